The van der Waals surface area contributed by atoms with Crippen molar-refractivity contribution in [2.45, 2.75) is 19.9 Å². The van der Waals surface area contributed by atoms with Crippen LogP contribution in [0.3, 0.4) is 0 Å². The van der Waals surface area contributed by atoms with Crippen molar-refractivity contribution in [1.29, 1.82) is 0 Å². The minimum atomic E-state index is -0.516. The summed E-state index contributed by atoms with van der Waals surface area (Å²) < 4.78 is 10.3. The van der Waals surface area contributed by atoms with Crippen molar-refractivity contribution in [2.24, 2.45) is 5.73 Å². The van der Waals surface area contributed by atoms with Crippen LogP contribution in [0.2, 0.25) is 0 Å². The molecule has 7 nitrogen and oxygen atoms in total. The minimum absolute atomic E-state index is 0.136. The van der Waals surface area contributed by atoms with Crippen molar-refractivity contribution in [3.63, 3.8) is 0 Å². The number of anilines is 1. The van der Waals surface area contributed by atoms with E-state index in [-0.39, 0.29) is 12.6 Å². The lowest BCUT2D eigenvalue weighted by Crippen LogP contribution is -2.20. The van der Waals surface area contributed by atoms with E-state index in [1.807, 2.05) is 19.1 Å². The second-order valence-corrected chi connectivity index (χ2v) is 4.33. The number of rotatable bonds is 6. The van der Waals surface area contributed by atoms with Crippen molar-refractivity contribution in [3.8, 4) is 5.75 Å². The van der Waals surface area contributed by atoms with E-state index in [1.165, 1.54) is 0 Å². The number of nitrogens with zero attached hydrogens (tertiary/aromatic N) is 2. The molecule has 1 aromatic carbocycles. The van der Waals surface area contributed by atoms with Crippen molar-refractivity contribution < 1.29 is 14.1 Å². The molecular weight excluding hydrogens is 260 g/mol. The van der Waals surface area contributed by atoms with Crippen LogP contribution in [0.25, 0.3) is 0 Å². The first-order chi connectivity index (χ1) is 9.54. The van der Waals surface area contributed by atoms with E-state index in [4.69, 9.17) is 15.0 Å². The van der Waals surface area contributed by atoms with Gasteiger partial charge in [0.15, 0.2) is 12.4 Å². The van der Waals surface area contributed by atoms with Gasteiger partial charge in [0, 0.05) is 11.8 Å². The molecule has 2 rings (SSSR count). The number of ether oxygens (including phenoxy) is 1. The van der Waals surface area contributed by atoms with Crippen LogP contribution < -0.4 is 15.8 Å². The zero-order valence-electron chi connectivity index (χ0n) is 11.3. The van der Waals surface area contributed by atoms with Gasteiger partial charge in [-0.05, 0) is 26.0 Å². The third-order valence-corrected chi connectivity index (χ3v) is 2.51. The molecule has 1 atom stereocenters. The van der Waals surface area contributed by atoms with Gasteiger partial charge >= 0.3 is 0 Å². The number of aromatic nitrogens is 2. The first kappa shape index (κ1) is 13.9. The van der Waals surface area contributed by atoms with Gasteiger partial charge in [0.05, 0.1) is 0 Å². The van der Waals surface area contributed by atoms with Crippen molar-refractivity contribution in [2.75, 3.05) is 11.9 Å². The summed E-state index contributed by atoms with van der Waals surface area (Å²) in [6.07, 6.45) is 0. The summed E-state index contributed by atoms with van der Waals surface area (Å²) in [5.41, 5.74) is 5.85. The maximum atomic E-state index is 10.7. The Morgan fingerprint density at radius 3 is 3.00 bits per heavy atom. The molecule has 20 heavy (non-hydrogen) atoms. The summed E-state index contributed by atoms with van der Waals surface area (Å²) in [5.74, 6) is 1.14. The van der Waals surface area contributed by atoms with Gasteiger partial charge in [-0.25, -0.2) is 0 Å². The van der Waals surface area contributed by atoms with Crippen LogP contribution in [0, 0.1) is 6.92 Å². The highest BCUT2D eigenvalue weighted by Gasteiger charge is 2.12. The Hall–Kier alpha value is -2.57. The molecule has 0 fully saturated rings. The van der Waals surface area contributed by atoms with Gasteiger partial charge < -0.3 is 20.3 Å². The molecule has 1 aromatic heterocycles. The summed E-state index contributed by atoms with van der Waals surface area (Å²) in [5, 5.41) is 6.95. The number of nitrogens with two attached hydrogens (primary N) is 1. The molecule has 0 saturated heterocycles. The first-order valence-electron chi connectivity index (χ1n) is 6.12. The van der Waals surface area contributed by atoms with E-state index in [2.05, 4.69) is 15.5 Å². The number of carbonyl (C=O) groups excluding carboxylic acids is 1. The molecule has 0 aliphatic rings. The van der Waals surface area contributed by atoms with E-state index in [1.54, 1.807) is 19.1 Å². The summed E-state index contributed by atoms with van der Waals surface area (Å²) >= 11 is 0. The number of amides is 1. The molecule has 3 N–H and O–H groups in total. The Bertz CT molecular complexity index is 597. The summed E-state index contributed by atoms with van der Waals surface area (Å²) in [4.78, 5) is 14.8. The normalized spacial score (nSPS) is 11.9. The van der Waals surface area contributed by atoms with E-state index >= 15 is 0 Å². The highest BCUT2D eigenvalue weighted by molar-refractivity contribution is 5.75. The molecule has 0 aliphatic heterocycles. The first-order valence-corrected chi connectivity index (χ1v) is 6.12. The number of nitrogens with one attached hydrogen (secondary N) is 1. The predicted molar refractivity (Wildman–Crippen MR) is 72.2 cm³/mol. The standard InChI is InChI=1S/C13H16N4O3/c1-8(13-16-9(2)17-20-13)15-10-4-3-5-11(6-10)19-7-12(14)18/h3-6,8,15H,7H2,1-2H3,(H2,14,18). The molecule has 0 spiro atoms. The Morgan fingerprint density at radius 1 is 1.55 bits per heavy atom. The second kappa shape index (κ2) is 6.05. The quantitative estimate of drug-likeness (QED) is 0.827. The van der Waals surface area contributed by atoms with Gasteiger partial charge in [0.25, 0.3) is 5.91 Å². The number of hydrogen-bond donors (Lipinski definition) is 2. The average Bonchev–Trinajstić information content (AvgIpc) is 2.84. The van der Waals surface area contributed by atoms with Crippen LogP contribution in [0.5, 0.6) is 5.75 Å². The summed E-state index contributed by atoms with van der Waals surface area (Å²) in [6, 6.07) is 7.06. The fourth-order valence-corrected chi connectivity index (χ4v) is 1.63. The molecule has 1 unspecified atom stereocenters. The molecule has 0 saturated carbocycles. The highest BCUT2D eigenvalue weighted by Crippen LogP contribution is 2.22. The van der Waals surface area contributed by atoms with E-state index < -0.39 is 5.91 Å². The summed E-state index contributed by atoms with van der Waals surface area (Å²) in [7, 11) is 0. The SMILES string of the molecule is Cc1noc(C(C)Nc2cccc(OCC(N)=O)c2)n1. The van der Waals surface area contributed by atoms with Crippen LogP contribution in [0.15, 0.2) is 28.8 Å². The lowest BCUT2D eigenvalue weighted by molar-refractivity contribution is -0.119. The zero-order chi connectivity index (χ0) is 14.5. The monoisotopic (exact) mass is 276 g/mol. The number of aryl methyl sites for hydroxylation is 1. The smallest absolute Gasteiger partial charge is 0.255 e. The van der Waals surface area contributed by atoms with E-state index in [0.717, 1.165) is 5.69 Å². The van der Waals surface area contributed by atoms with Gasteiger partial charge in [0.1, 0.15) is 11.8 Å². The topological polar surface area (TPSA) is 103 Å². The van der Waals surface area contributed by atoms with Crippen LogP contribution >= 0.6 is 0 Å². The van der Waals surface area contributed by atoms with Gasteiger partial charge in [-0.2, -0.15) is 4.98 Å². The Morgan fingerprint density at radius 2 is 2.35 bits per heavy atom. The molecule has 106 valence electrons. The zero-order valence-corrected chi connectivity index (χ0v) is 11.3. The Balaban J connectivity index is 2.02. The van der Waals surface area contributed by atoms with Crippen LogP contribution in [-0.4, -0.2) is 22.7 Å². The van der Waals surface area contributed by atoms with Crippen LogP contribution in [-0.2, 0) is 4.79 Å². The van der Waals surface area contributed by atoms with Crippen molar-refractivity contribution in [1.82, 2.24) is 10.1 Å². The molecule has 0 aliphatic carbocycles. The Labute approximate surface area is 116 Å². The van der Waals surface area contributed by atoms with Crippen LogP contribution in [0.1, 0.15) is 24.7 Å². The number of carbonyl (C=O) groups is 1. The number of primary amides is 1. The molecule has 1 heterocycles. The molecule has 0 radical (unpaired) electrons. The third kappa shape index (κ3) is 3.71. The minimum Gasteiger partial charge on any atom is -0.484 e. The fourth-order valence-electron chi connectivity index (χ4n) is 1.63. The molecule has 2 aromatic rings. The number of hydrogen-bond acceptors (Lipinski definition) is 6. The van der Waals surface area contributed by atoms with Crippen molar-refractivity contribution >= 4 is 11.6 Å². The Kier molecular flexibility index (Phi) is 4.19. The van der Waals surface area contributed by atoms with Gasteiger partial charge in [-0.15, -0.1) is 0 Å². The van der Waals surface area contributed by atoms with E-state index in [9.17, 15) is 4.79 Å². The molecular formula is C13H16N4O3. The maximum Gasteiger partial charge on any atom is 0.255 e. The molecule has 7 heteroatoms. The third-order valence-electron chi connectivity index (χ3n) is 2.51. The molecule has 1 amide bonds. The predicted octanol–water partition coefficient (Wildman–Crippen LogP) is 1.42. The lowest BCUT2D eigenvalue weighted by Gasteiger charge is -2.12. The van der Waals surface area contributed by atoms with Crippen molar-refractivity contribution in [3.05, 3.63) is 36.0 Å². The maximum absolute atomic E-state index is 10.7. The largest absolute Gasteiger partial charge is 0.484 e. The van der Waals surface area contributed by atoms with E-state index in [0.29, 0.717) is 17.5 Å². The van der Waals surface area contributed by atoms with Gasteiger partial charge in [-0.3, -0.25) is 4.79 Å². The van der Waals surface area contributed by atoms with Gasteiger partial charge in [0.2, 0.25) is 5.89 Å². The average molecular weight is 276 g/mol. The molecule has 0 bridgehead atoms. The van der Waals surface area contributed by atoms with Gasteiger partial charge in [-0.1, -0.05) is 11.2 Å². The fraction of sp³-hybridized carbons (Fsp3) is 0.308. The number of benzene rings is 1. The second-order valence-electron chi connectivity index (χ2n) is 4.33. The lowest BCUT2D eigenvalue weighted by atomic mass is 10.2. The summed E-state index contributed by atoms with van der Waals surface area (Å²) in [6.45, 7) is 3.52. The van der Waals surface area contributed by atoms with Crippen LogP contribution in [0.4, 0.5) is 5.69 Å². The highest BCUT2D eigenvalue weighted by atomic mass is 16.5.